The molecule has 0 atom stereocenters. The molecule has 0 saturated carbocycles. The van der Waals surface area contributed by atoms with Crippen LogP contribution in [0.1, 0.15) is 433 Å². The quantitative estimate of drug-likeness (QED) is 0.0287. The van der Waals surface area contributed by atoms with Gasteiger partial charge in [0.1, 0.15) is 0 Å². The van der Waals surface area contributed by atoms with Gasteiger partial charge in [0.25, 0.3) is 0 Å². The minimum Gasteiger partial charge on any atom is -0.355 e. The Morgan fingerprint density at radius 3 is 0.519 bits per heavy atom. The molecular weight excluding hydrogens is 1630 g/mol. The van der Waals surface area contributed by atoms with Crippen molar-refractivity contribution in [2.45, 2.75) is 421 Å². The van der Waals surface area contributed by atoms with Crippen LogP contribution in [0.3, 0.4) is 0 Å². The van der Waals surface area contributed by atoms with E-state index in [1.807, 2.05) is 0 Å². The summed E-state index contributed by atoms with van der Waals surface area (Å²) >= 11 is 0. The van der Waals surface area contributed by atoms with Crippen molar-refractivity contribution < 1.29 is 0 Å². The summed E-state index contributed by atoms with van der Waals surface area (Å²) in [6.45, 7) is 18.1. The highest BCUT2D eigenvalue weighted by Gasteiger charge is 2.12. The van der Waals surface area contributed by atoms with Crippen LogP contribution >= 0.6 is 0 Å². The number of rotatable bonds is 69. The van der Waals surface area contributed by atoms with E-state index in [1.165, 1.54) is 416 Å². The lowest BCUT2D eigenvalue weighted by Crippen LogP contribution is -1.98. The van der Waals surface area contributed by atoms with Gasteiger partial charge in [-0.25, -0.2) is 0 Å². The molecule has 0 saturated heterocycles. The van der Waals surface area contributed by atoms with Gasteiger partial charge in [-0.1, -0.05) is 474 Å². The molecule has 4 nitrogen and oxygen atoms in total. The van der Waals surface area contributed by atoms with Crippen LogP contribution < -0.4 is 21.3 Å². The Kier molecular flexibility index (Phi) is 56.2. The molecule has 0 amide bonds. The van der Waals surface area contributed by atoms with E-state index in [9.17, 15) is 0 Å². The van der Waals surface area contributed by atoms with Crippen molar-refractivity contribution in [3.8, 4) is 0 Å². The Balaban J connectivity index is 0.000000243. The van der Waals surface area contributed by atoms with Gasteiger partial charge >= 0.3 is 0 Å². The second kappa shape index (κ2) is 69.4. The third-order valence-corrected chi connectivity index (χ3v) is 27.5. The van der Waals surface area contributed by atoms with Crippen LogP contribution in [-0.4, -0.2) is 0 Å². The lowest BCUT2D eigenvalue weighted by molar-refractivity contribution is 0.556. The normalized spacial score (nSPS) is 11.2. The van der Waals surface area contributed by atoms with Crippen molar-refractivity contribution in [2.24, 2.45) is 0 Å². The molecule has 135 heavy (non-hydrogen) atoms. The third kappa shape index (κ3) is 48.5. The largest absolute Gasteiger partial charge is 0.355 e. The fourth-order valence-electron chi connectivity index (χ4n) is 18.9. The van der Waals surface area contributed by atoms with Gasteiger partial charge < -0.3 is 21.3 Å². The van der Waals surface area contributed by atoms with E-state index >= 15 is 0 Å². The highest BCUT2D eigenvalue weighted by Crippen LogP contribution is 2.33. The van der Waals surface area contributed by atoms with Gasteiger partial charge in [-0.2, -0.15) is 0 Å². The maximum atomic E-state index is 3.78. The van der Waals surface area contributed by atoms with Crippen molar-refractivity contribution in [2.75, 3.05) is 21.3 Å². The van der Waals surface area contributed by atoms with Crippen LogP contribution in [0.15, 0.2) is 255 Å². The lowest BCUT2D eigenvalue weighted by atomic mass is 9.97. The molecule has 0 bridgehead atoms. The Hall–Kier alpha value is -9.38. The van der Waals surface area contributed by atoms with Gasteiger partial charge in [0.15, 0.2) is 0 Å². The van der Waals surface area contributed by atoms with Crippen molar-refractivity contribution in [1.82, 2.24) is 0 Å². The first-order valence-electron chi connectivity index (χ1n) is 55.6. The molecule has 11 aromatic carbocycles. The van der Waals surface area contributed by atoms with Crippen LogP contribution in [0, 0.1) is 6.92 Å². The minimum atomic E-state index is 0.907. The average Bonchev–Trinajstić information content (AvgIpc) is 0.834. The monoisotopic (exact) mass is 1810 g/mol. The molecule has 728 valence electrons. The maximum absolute atomic E-state index is 3.78. The van der Waals surface area contributed by atoms with Gasteiger partial charge in [0.2, 0.25) is 0 Å². The summed E-state index contributed by atoms with van der Waals surface area (Å²) in [6.07, 6.45) is 75.2. The van der Waals surface area contributed by atoms with Gasteiger partial charge in [-0.3, -0.25) is 0 Å². The first-order chi connectivity index (χ1) is 66.5. The molecule has 0 aliphatic heterocycles. The van der Waals surface area contributed by atoms with Crippen molar-refractivity contribution in [3.05, 3.63) is 344 Å². The van der Waals surface area contributed by atoms with Crippen molar-refractivity contribution >= 4 is 45.5 Å². The molecule has 11 aromatic rings. The first-order valence-corrected chi connectivity index (χ1v) is 55.6. The summed E-state index contributed by atoms with van der Waals surface area (Å²) < 4.78 is 0. The summed E-state index contributed by atoms with van der Waals surface area (Å²) in [6, 6.07) is 96.0. The second-order valence-corrected chi connectivity index (χ2v) is 40.1. The highest BCUT2D eigenvalue weighted by molar-refractivity contribution is 5.72. The van der Waals surface area contributed by atoms with E-state index in [0.29, 0.717) is 0 Å². The first kappa shape index (κ1) is 109. The predicted octanol–water partition coefficient (Wildman–Crippen LogP) is 40.6. The number of benzene rings is 11. The molecule has 0 fully saturated rings. The fourth-order valence-corrected chi connectivity index (χ4v) is 18.9. The Bertz CT molecular complexity index is 4380. The van der Waals surface area contributed by atoms with Gasteiger partial charge in [-0.05, 0) is 291 Å². The predicted molar refractivity (Wildman–Crippen MR) is 598 cm³/mol. The van der Waals surface area contributed by atoms with E-state index in [2.05, 4.69) is 331 Å². The Morgan fingerprint density at radius 1 is 0.133 bits per heavy atom. The molecule has 0 aliphatic carbocycles. The van der Waals surface area contributed by atoms with Crippen LogP contribution in [-0.2, 0) is 70.6 Å². The molecule has 4 N–H and O–H groups in total. The standard InChI is InChI=1S/C61H94N2.C37H46N2.C33H44/c1-4-7-10-13-16-19-22-25-28-31-34-53-37-39-56(40-38-53)49-57-50-60(62-58-45-41-54(42-46-58)35-32-29-26-23-20-17-14-11-8-5-2)52-61(51-57)63-59-47-43-55(44-48-59)36-33-30-27-24-21-18-15-12-9-6-3;1-4-7-10-29-13-15-32(16-14-29)25-33-26-36(38-34-21-17-30(18-22-34)11-8-5-2)28-37(27-33)39-35-23-19-31(20-24-35)12-9-6-3;1-3-4-5-6-7-8-9-10-11-12-14-29-21-23-31(24-22-29)26-33-16-13-15-32(27-33)25-30-19-17-28(2)18-20-30/h37-48,50-52,62-63H,4-36,49H2,1-3H3;13-24,26-28,38-39H,4-12,25H2,1-3H3;13,15-24,27H,3-12,14,25-26H2,1-2H3. The maximum Gasteiger partial charge on any atom is 0.0407 e. The zero-order valence-corrected chi connectivity index (χ0v) is 86.6. The summed E-state index contributed by atoms with van der Waals surface area (Å²) in [7, 11) is 0. The van der Waals surface area contributed by atoms with Crippen LogP contribution in [0.25, 0.3) is 0 Å². The van der Waals surface area contributed by atoms with Gasteiger partial charge in [0.05, 0.1) is 0 Å². The van der Waals surface area contributed by atoms with Gasteiger partial charge in [0, 0.05) is 45.5 Å². The average molecular weight is 1810 g/mol. The summed E-state index contributed by atoms with van der Waals surface area (Å²) in [4.78, 5) is 0. The molecule has 11 rings (SSSR count). The van der Waals surface area contributed by atoms with Crippen LogP contribution in [0.5, 0.6) is 0 Å². The molecule has 0 spiro atoms. The zero-order chi connectivity index (χ0) is 94.7. The number of nitrogens with one attached hydrogen (secondary N) is 4. The highest BCUT2D eigenvalue weighted by atomic mass is 14.9. The van der Waals surface area contributed by atoms with Gasteiger partial charge in [-0.15, -0.1) is 0 Å². The third-order valence-electron chi connectivity index (χ3n) is 27.5. The molecular formula is C131H184N4. The summed E-state index contributed by atoms with van der Waals surface area (Å²) in [5.41, 5.74) is 31.4. The number of unbranched alkanes of at least 4 members (excludes halogenated alkanes) is 39. The van der Waals surface area contributed by atoms with E-state index in [-0.39, 0.29) is 0 Å². The van der Waals surface area contributed by atoms with E-state index in [0.717, 1.165) is 84.0 Å². The summed E-state index contributed by atoms with van der Waals surface area (Å²) in [5, 5.41) is 14.9. The minimum absolute atomic E-state index is 0.907. The SMILES string of the molecule is CCCCCCCCCCCCc1ccc(Cc2cc(Nc3ccc(CCCCCCCCCCCC)cc3)cc(Nc3ccc(CCCCCCCCCCCC)cc3)c2)cc1.CCCCCCCCCCCCc1ccc(Cc2cccc(Cc3ccc(C)cc3)c2)cc1.CCCCc1ccc(Cc2cc(Nc3ccc(CCCC)cc3)cc(Nc3ccc(CCCC)cc3)c2)cc1. The summed E-state index contributed by atoms with van der Waals surface area (Å²) in [5.74, 6) is 0. The smallest absolute Gasteiger partial charge is 0.0407 e. The number of anilines is 8. The van der Waals surface area contributed by atoms with E-state index in [1.54, 1.807) is 0 Å². The Morgan fingerprint density at radius 2 is 0.304 bits per heavy atom. The zero-order valence-electron chi connectivity index (χ0n) is 86.6. The molecule has 0 radical (unpaired) electrons. The number of hydrogen-bond acceptors (Lipinski definition) is 4. The van der Waals surface area contributed by atoms with Crippen LogP contribution in [0.4, 0.5) is 45.5 Å². The molecule has 4 heteroatoms. The van der Waals surface area contributed by atoms with E-state index < -0.39 is 0 Å². The fraction of sp³-hybridized carbons (Fsp3) is 0.496. The molecule has 0 aliphatic rings. The molecule has 0 unspecified atom stereocenters. The number of hydrogen-bond donors (Lipinski definition) is 4. The molecule has 0 aromatic heterocycles. The molecule has 0 heterocycles. The topological polar surface area (TPSA) is 48.1 Å². The van der Waals surface area contributed by atoms with Crippen molar-refractivity contribution in [1.29, 1.82) is 0 Å². The van der Waals surface area contributed by atoms with Crippen molar-refractivity contribution in [3.63, 3.8) is 0 Å². The van der Waals surface area contributed by atoms with Crippen LogP contribution in [0.2, 0.25) is 0 Å². The number of aryl methyl sites for hydroxylation is 8. The lowest BCUT2D eigenvalue weighted by Gasteiger charge is -2.15. The Labute approximate surface area is 826 Å². The second-order valence-electron chi connectivity index (χ2n) is 40.1. The van der Waals surface area contributed by atoms with E-state index in [4.69, 9.17) is 0 Å².